The zero-order chi connectivity index (χ0) is 8.27. The number of nitrogens with zero attached hydrogens (tertiary/aromatic N) is 1. The summed E-state index contributed by atoms with van der Waals surface area (Å²) in [5, 5.41) is 3.38. The van der Waals surface area contributed by atoms with Gasteiger partial charge in [-0.05, 0) is 25.9 Å². The molecule has 1 rings (SSSR count). The van der Waals surface area contributed by atoms with Crippen LogP contribution < -0.4 is 5.32 Å². The van der Waals surface area contributed by atoms with Crippen molar-refractivity contribution < 1.29 is 0 Å². The molecule has 0 aromatic heterocycles. The summed E-state index contributed by atoms with van der Waals surface area (Å²) >= 11 is 0. The van der Waals surface area contributed by atoms with Gasteiger partial charge >= 0.3 is 0 Å². The van der Waals surface area contributed by atoms with Crippen LogP contribution in [0, 0.1) is 5.92 Å². The van der Waals surface area contributed by atoms with E-state index in [0.29, 0.717) is 0 Å². The lowest BCUT2D eigenvalue weighted by Crippen LogP contribution is -2.35. The second kappa shape index (κ2) is 5.79. The monoisotopic (exact) mass is 192 g/mol. The van der Waals surface area contributed by atoms with Gasteiger partial charge in [-0.3, -0.25) is 0 Å². The molecule has 0 aromatic rings. The van der Waals surface area contributed by atoms with Crippen LogP contribution in [-0.4, -0.2) is 37.6 Å². The van der Waals surface area contributed by atoms with Crippen LogP contribution in [0.5, 0.6) is 0 Å². The Kier molecular flexibility index (Phi) is 5.89. The number of hydrogen-bond donors (Lipinski definition) is 1. The van der Waals surface area contributed by atoms with E-state index in [1.54, 1.807) is 0 Å². The lowest BCUT2D eigenvalue weighted by molar-refractivity contribution is 0.230. The van der Waals surface area contributed by atoms with E-state index in [9.17, 15) is 0 Å². The maximum Gasteiger partial charge on any atom is 0.0229 e. The predicted molar refractivity (Wildman–Crippen MR) is 56.0 cm³/mol. The van der Waals surface area contributed by atoms with Gasteiger partial charge in [0.05, 0.1) is 0 Å². The molecule has 0 aliphatic carbocycles. The normalized spacial score (nSPS) is 23.2. The third kappa shape index (κ3) is 3.74. The predicted octanol–water partition coefficient (Wildman–Crippen LogP) is 1.36. The third-order valence-electron chi connectivity index (χ3n) is 2.31. The van der Waals surface area contributed by atoms with E-state index >= 15 is 0 Å². The molecule has 0 aromatic carbocycles. The van der Waals surface area contributed by atoms with Crippen molar-refractivity contribution in [3.8, 4) is 0 Å². The third-order valence-corrected chi connectivity index (χ3v) is 2.31. The average Bonchev–Trinajstić information content (AvgIpc) is 2.35. The maximum absolute atomic E-state index is 3.38. The minimum absolute atomic E-state index is 0. The number of nitrogens with one attached hydrogen (secondary N) is 1. The molecule has 0 saturated carbocycles. The van der Waals surface area contributed by atoms with Crippen molar-refractivity contribution in [3.05, 3.63) is 0 Å². The maximum atomic E-state index is 3.38. The van der Waals surface area contributed by atoms with E-state index in [-0.39, 0.29) is 12.4 Å². The van der Waals surface area contributed by atoms with Gasteiger partial charge in [-0.2, -0.15) is 0 Å². The molecule has 3 heteroatoms. The summed E-state index contributed by atoms with van der Waals surface area (Å²) in [4.78, 5) is 2.48. The van der Waals surface area contributed by atoms with Gasteiger partial charge in [0.25, 0.3) is 0 Å². The Morgan fingerprint density at radius 3 is 2.58 bits per heavy atom. The Morgan fingerprint density at radius 1 is 1.50 bits per heavy atom. The molecule has 12 heavy (non-hydrogen) atoms. The van der Waals surface area contributed by atoms with Crippen LogP contribution >= 0.6 is 12.4 Å². The van der Waals surface area contributed by atoms with Gasteiger partial charge in [-0.1, -0.05) is 13.8 Å². The van der Waals surface area contributed by atoms with E-state index in [1.165, 1.54) is 26.1 Å². The van der Waals surface area contributed by atoms with Gasteiger partial charge in [0.1, 0.15) is 0 Å². The van der Waals surface area contributed by atoms with Crippen molar-refractivity contribution in [2.45, 2.75) is 26.3 Å². The van der Waals surface area contributed by atoms with Gasteiger partial charge in [-0.15, -0.1) is 12.4 Å². The number of rotatable bonds is 3. The van der Waals surface area contributed by atoms with Crippen molar-refractivity contribution in [1.29, 1.82) is 0 Å². The standard InChI is InChI=1S/C9H20N2.ClH/c1-8(2)7-11(3)9-4-5-10-6-9;/h8-10H,4-7H2,1-3H3;1H/t9-;/m0./s1. The molecule has 74 valence electrons. The molecular formula is C9H21ClN2. The highest BCUT2D eigenvalue weighted by atomic mass is 35.5. The average molecular weight is 193 g/mol. The topological polar surface area (TPSA) is 15.3 Å². The first kappa shape index (κ1) is 12.2. The fourth-order valence-corrected chi connectivity index (χ4v) is 1.74. The lowest BCUT2D eigenvalue weighted by atomic mass is 10.1. The molecule has 0 amide bonds. The molecular weight excluding hydrogens is 172 g/mol. The molecule has 1 saturated heterocycles. The fraction of sp³-hybridized carbons (Fsp3) is 1.00. The summed E-state index contributed by atoms with van der Waals surface area (Å²) in [7, 11) is 2.23. The molecule has 1 aliphatic heterocycles. The first-order valence-electron chi connectivity index (χ1n) is 4.61. The zero-order valence-electron chi connectivity index (χ0n) is 8.34. The van der Waals surface area contributed by atoms with Gasteiger partial charge in [0.2, 0.25) is 0 Å². The Bertz CT molecular complexity index is 111. The Balaban J connectivity index is 0.00000121. The summed E-state index contributed by atoms with van der Waals surface area (Å²) in [5.74, 6) is 0.792. The fourth-order valence-electron chi connectivity index (χ4n) is 1.74. The second-order valence-electron chi connectivity index (χ2n) is 3.98. The highest BCUT2D eigenvalue weighted by Crippen LogP contribution is 2.07. The summed E-state index contributed by atoms with van der Waals surface area (Å²) in [5.41, 5.74) is 0. The highest BCUT2D eigenvalue weighted by molar-refractivity contribution is 5.85. The summed E-state index contributed by atoms with van der Waals surface area (Å²) in [6, 6.07) is 0.789. The van der Waals surface area contributed by atoms with Crippen LogP contribution in [0.4, 0.5) is 0 Å². The van der Waals surface area contributed by atoms with Crippen LogP contribution in [0.15, 0.2) is 0 Å². The smallest absolute Gasteiger partial charge is 0.0229 e. The summed E-state index contributed by atoms with van der Waals surface area (Å²) in [6.07, 6.45) is 1.32. The van der Waals surface area contributed by atoms with Crippen LogP contribution in [0.25, 0.3) is 0 Å². The van der Waals surface area contributed by atoms with E-state index < -0.39 is 0 Å². The van der Waals surface area contributed by atoms with Gasteiger partial charge in [-0.25, -0.2) is 0 Å². The van der Waals surface area contributed by atoms with Crippen LogP contribution in [0.1, 0.15) is 20.3 Å². The molecule has 1 atom stereocenters. The second-order valence-corrected chi connectivity index (χ2v) is 3.98. The van der Waals surface area contributed by atoms with Gasteiger partial charge < -0.3 is 10.2 Å². The summed E-state index contributed by atoms with van der Waals surface area (Å²) in [6.45, 7) is 8.17. The lowest BCUT2D eigenvalue weighted by Gasteiger charge is -2.24. The molecule has 0 bridgehead atoms. The highest BCUT2D eigenvalue weighted by Gasteiger charge is 2.18. The molecule has 2 nitrogen and oxygen atoms in total. The zero-order valence-corrected chi connectivity index (χ0v) is 9.16. The molecule has 0 radical (unpaired) electrons. The van der Waals surface area contributed by atoms with Gasteiger partial charge in [0.15, 0.2) is 0 Å². The number of hydrogen-bond acceptors (Lipinski definition) is 2. The molecule has 1 N–H and O–H groups in total. The van der Waals surface area contributed by atoms with Crippen molar-refractivity contribution in [2.75, 3.05) is 26.7 Å². The largest absolute Gasteiger partial charge is 0.315 e. The Hall–Kier alpha value is 0.210. The molecule has 1 fully saturated rings. The van der Waals surface area contributed by atoms with E-state index in [4.69, 9.17) is 0 Å². The van der Waals surface area contributed by atoms with Crippen molar-refractivity contribution in [1.82, 2.24) is 10.2 Å². The van der Waals surface area contributed by atoms with Crippen LogP contribution in [-0.2, 0) is 0 Å². The number of likely N-dealkylation sites (N-methyl/N-ethyl adjacent to an activating group) is 1. The summed E-state index contributed by atoms with van der Waals surface area (Å²) < 4.78 is 0. The number of halogens is 1. The van der Waals surface area contributed by atoms with Crippen LogP contribution in [0.2, 0.25) is 0 Å². The van der Waals surface area contributed by atoms with Crippen molar-refractivity contribution >= 4 is 12.4 Å². The quantitative estimate of drug-likeness (QED) is 0.727. The van der Waals surface area contributed by atoms with E-state index in [1.807, 2.05) is 0 Å². The molecule has 1 aliphatic rings. The van der Waals surface area contributed by atoms with E-state index in [0.717, 1.165) is 12.0 Å². The van der Waals surface area contributed by atoms with E-state index in [2.05, 4.69) is 31.1 Å². The molecule has 1 heterocycles. The minimum atomic E-state index is 0. The minimum Gasteiger partial charge on any atom is -0.315 e. The molecule has 0 unspecified atom stereocenters. The van der Waals surface area contributed by atoms with Gasteiger partial charge in [0, 0.05) is 19.1 Å². The molecule has 0 spiro atoms. The Morgan fingerprint density at radius 2 is 2.17 bits per heavy atom. The van der Waals surface area contributed by atoms with Crippen LogP contribution in [0.3, 0.4) is 0 Å². The van der Waals surface area contributed by atoms with Crippen molar-refractivity contribution in [3.63, 3.8) is 0 Å². The first-order valence-corrected chi connectivity index (χ1v) is 4.61. The Labute approximate surface area is 82.1 Å². The van der Waals surface area contributed by atoms with Crippen molar-refractivity contribution in [2.24, 2.45) is 5.92 Å². The SMILES string of the molecule is CC(C)CN(C)[C@H]1CCNC1.Cl. The first-order chi connectivity index (χ1) is 5.20.